The minimum absolute atomic E-state index is 0.0763. The van der Waals surface area contributed by atoms with Crippen molar-refractivity contribution in [1.82, 2.24) is 0 Å². The fourth-order valence-electron chi connectivity index (χ4n) is 2.11. The third kappa shape index (κ3) is 4.76. The smallest absolute Gasteiger partial charge is 0.119 e. The van der Waals surface area contributed by atoms with Crippen LogP contribution >= 0.6 is 15.9 Å². The highest BCUT2D eigenvalue weighted by Gasteiger charge is 2.10. The summed E-state index contributed by atoms with van der Waals surface area (Å²) >= 11 is 3.47. The van der Waals surface area contributed by atoms with Crippen molar-refractivity contribution in [1.29, 1.82) is 0 Å². The van der Waals surface area contributed by atoms with E-state index in [1.807, 2.05) is 50.2 Å². The Morgan fingerprint density at radius 3 is 2.43 bits per heavy atom. The summed E-state index contributed by atoms with van der Waals surface area (Å²) in [6.45, 7) is 4.56. The molecule has 0 aromatic heterocycles. The van der Waals surface area contributed by atoms with Gasteiger partial charge < -0.3 is 15.8 Å². The van der Waals surface area contributed by atoms with Gasteiger partial charge in [0.05, 0.1) is 12.1 Å². The van der Waals surface area contributed by atoms with Gasteiger partial charge >= 0.3 is 0 Å². The van der Waals surface area contributed by atoms with Gasteiger partial charge in [-0.15, -0.1) is 0 Å². The third-order valence-corrected chi connectivity index (χ3v) is 3.55. The average molecular weight is 349 g/mol. The molecule has 0 spiro atoms. The Morgan fingerprint density at radius 2 is 1.86 bits per heavy atom. The van der Waals surface area contributed by atoms with E-state index in [2.05, 4.69) is 33.4 Å². The first kappa shape index (κ1) is 15.9. The van der Waals surface area contributed by atoms with Gasteiger partial charge in [-0.2, -0.15) is 0 Å². The number of hydrogen-bond donors (Lipinski definition) is 2. The van der Waals surface area contributed by atoms with Gasteiger partial charge in [0.2, 0.25) is 0 Å². The molecular formula is C17H21BrN2O. The zero-order valence-corrected chi connectivity index (χ0v) is 13.9. The summed E-state index contributed by atoms with van der Waals surface area (Å²) < 4.78 is 6.70. The molecule has 0 fully saturated rings. The molecule has 4 heteroatoms. The second-order valence-corrected chi connectivity index (χ2v) is 6.09. The lowest BCUT2D eigenvalue weighted by molar-refractivity contribution is 0.242. The van der Waals surface area contributed by atoms with Crippen LogP contribution in [-0.4, -0.2) is 12.6 Å². The molecule has 3 N–H and O–H groups in total. The Labute approximate surface area is 134 Å². The van der Waals surface area contributed by atoms with Crippen molar-refractivity contribution in [2.75, 3.05) is 11.9 Å². The predicted molar refractivity (Wildman–Crippen MR) is 91.8 cm³/mol. The van der Waals surface area contributed by atoms with Crippen LogP contribution in [0.25, 0.3) is 0 Å². The first-order valence-corrected chi connectivity index (χ1v) is 7.86. The van der Waals surface area contributed by atoms with Gasteiger partial charge in [-0.3, -0.25) is 0 Å². The molecule has 2 aromatic carbocycles. The molecule has 0 saturated carbocycles. The van der Waals surface area contributed by atoms with Gasteiger partial charge in [0.1, 0.15) is 5.75 Å². The standard InChI is InChI=1S/C17H21BrN2O/c1-12(2)21-16-8-6-13(7-9-16)17(11-19)20-15-5-3-4-14(18)10-15/h3-10,12,17,20H,11,19H2,1-2H3. The molecule has 0 aliphatic heterocycles. The van der Waals surface area contributed by atoms with Gasteiger partial charge in [-0.1, -0.05) is 34.1 Å². The van der Waals surface area contributed by atoms with E-state index in [-0.39, 0.29) is 12.1 Å². The van der Waals surface area contributed by atoms with E-state index < -0.39 is 0 Å². The largest absolute Gasteiger partial charge is 0.491 e. The van der Waals surface area contributed by atoms with Gasteiger partial charge in [0.25, 0.3) is 0 Å². The molecule has 112 valence electrons. The number of ether oxygens (including phenoxy) is 1. The second-order valence-electron chi connectivity index (χ2n) is 5.18. The quantitative estimate of drug-likeness (QED) is 0.815. The normalized spacial score (nSPS) is 12.2. The summed E-state index contributed by atoms with van der Waals surface area (Å²) in [5.74, 6) is 0.881. The maximum atomic E-state index is 5.90. The first-order chi connectivity index (χ1) is 10.1. The van der Waals surface area contributed by atoms with Crippen molar-refractivity contribution in [2.45, 2.75) is 26.0 Å². The Balaban J connectivity index is 2.10. The lowest BCUT2D eigenvalue weighted by Gasteiger charge is -2.19. The molecule has 0 saturated heterocycles. The summed E-state index contributed by atoms with van der Waals surface area (Å²) in [5, 5.41) is 3.45. The Hall–Kier alpha value is -1.52. The monoisotopic (exact) mass is 348 g/mol. The van der Waals surface area contributed by atoms with Gasteiger partial charge in [-0.05, 0) is 49.7 Å². The molecule has 3 nitrogen and oxygen atoms in total. The Bertz CT molecular complexity index is 569. The molecule has 1 unspecified atom stereocenters. The van der Waals surface area contributed by atoms with Crippen LogP contribution in [0, 0.1) is 0 Å². The summed E-state index contributed by atoms with van der Waals surface area (Å²) in [7, 11) is 0. The molecule has 2 aromatic rings. The molecule has 0 aliphatic carbocycles. The maximum absolute atomic E-state index is 5.90. The number of nitrogens with two attached hydrogens (primary N) is 1. The summed E-state index contributed by atoms with van der Waals surface area (Å²) in [6, 6.07) is 16.2. The van der Waals surface area contributed by atoms with Crippen LogP contribution < -0.4 is 15.8 Å². The van der Waals surface area contributed by atoms with Gasteiger partial charge in [0, 0.05) is 16.7 Å². The fraction of sp³-hybridized carbons (Fsp3) is 0.294. The minimum Gasteiger partial charge on any atom is -0.491 e. The number of nitrogens with one attached hydrogen (secondary N) is 1. The zero-order valence-electron chi connectivity index (χ0n) is 12.3. The molecule has 2 rings (SSSR count). The first-order valence-electron chi connectivity index (χ1n) is 7.07. The lowest BCUT2D eigenvalue weighted by atomic mass is 10.1. The number of benzene rings is 2. The molecule has 0 aliphatic rings. The topological polar surface area (TPSA) is 47.3 Å². The molecular weight excluding hydrogens is 328 g/mol. The van der Waals surface area contributed by atoms with E-state index in [0.29, 0.717) is 6.54 Å². The van der Waals surface area contributed by atoms with Crippen LogP contribution in [0.2, 0.25) is 0 Å². The molecule has 0 radical (unpaired) electrons. The van der Waals surface area contributed by atoms with Crippen molar-refractivity contribution in [2.24, 2.45) is 5.73 Å². The summed E-state index contributed by atoms with van der Waals surface area (Å²) in [6.07, 6.45) is 0.181. The van der Waals surface area contributed by atoms with Crippen molar-refractivity contribution >= 4 is 21.6 Å². The van der Waals surface area contributed by atoms with Crippen LogP contribution in [0.1, 0.15) is 25.5 Å². The van der Waals surface area contributed by atoms with Crippen molar-refractivity contribution in [3.63, 3.8) is 0 Å². The van der Waals surface area contributed by atoms with Crippen LogP contribution in [0.5, 0.6) is 5.75 Å². The van der Waals surface area contributed by atoms with Crippen LogP contribution in [0.3, 0.4) is 0 Å². The highest BCUT2D eigenvalue weighted by Crippen LogP contribution is 2.23. The van der Waals surface area contributed by atoms with Crippen molar-refractivity contribution < 1.29 is 4.74 Å². The number of halogens is 1. The Morgan fingerprint density at radius 1 is 1.14 bits per heavy atom. The van der Waals surface area contributed by atoms with Crippen LogP contribution in [0.15, 0.2) is 53.0 Å². The third-order valence-electron chi connectivity index (χ3n) is 3.06. The number of anilines is 1. The lowest BCUT2D eigenvalue weighted by Crippen LogP contribution is -2.20. The predicted octanol–water partition coefficient (Wildman–Crippen LogP) is 4.35. The highest BCUT2D eigenvalue weighted by molar-refractivity contribution is 9.10. The van der Waals surface area contributed by atoms with E-state index in [4.69, 9.17) is 10.5 Å². The summed E-state index contributed by atoms with van der Waals surface area (Å²) in [4.78, 5) is 0. The molecule has 21 heavy (non-hydrogen) atoms. The molecule has 1 atom stereocenters. The number of hydrogen-bond acceptors (Lipinski definition) is 3. The van der Waals surface area contributed by atoms with Gasteiger partial charge in [-0.25, -0.2) is 0 Å². The Kier molecular flexibility index (Phi) is 5.65. The van der Waals surface area contributed by atoms with E-state index >= 15 is 0 Å². The average Bonchev–Trinajstić information content (AvgIpc) is 2.45. The SMILES string of the molecule is CC(C)Oc1ccc(C(CN)Nc2cccc(Br)c2)cc1. The van der Waals surface area contributed by atoms with E-state index in [1.165, 1.54) is 0 Å². The zero-order chi connectivity index (χ0) is 15.2. The second kappa shape index (κ2) is 7.48. The van der Waals surface area contributed by atoms with E-state index in [1.54, 1.807) is 0 Å². The molecule has 0 bridgehead atoms. The highest BCUT2D eigenvalue weighted by atomic mass is 79.9. The fourth-order valence-corrected chi connectivity index (χ4v) is 2.51. The summed E-state index contributed by atoms with van der Waals surface area (Å²) in [5.41, 5.74) is 8.09. The molecule has 0 amide bonds. The van der Waals surface area contributed by atoms with E-state index in [9.17, 15) is 0 Å². The van der Waals surface area contributed by atoms with Crippen molar-refractivity contribution in [3.05, 3.63) is 58.6 Å². The maximum Gasteiger partial charge on any atom is 0.119 e. The number of rotatable bonds is 6. The molecule has 0 heterocycles. The van der Waals surface area contributed by atoms with Crippen LogP contribution in [0.4, 0.5) is 5.69 Å². The van der Waals surface area contributed by atoms with Crippen LogP contribution in [-0.2, 0) is 0 Å². The van der Waals surface area contributed by atoms with E-state index in [0.717, 1.165) is 21.5 Å². The van der Waals surface area contributed by atoms with Gasteiger partial charge in [0.15, 0.2) is 0 Å². The minimum atomic E-state index is 0.0763. The van der Waals surface area contributed by atoms with Crippen molar-refractivity contribution in [3.8, 4) is 5.75 Å².